The summed E-state index contributed by atoms with van der Waals surface area (Å²) in [6, 6.07) is 7.89. The maximum atomic E-state index is 10.9. The molecule has 94 valence electrons. The lowest BCUT2D eigenvalue weighted by Gasteiger charge is -2.09. The van der Waals surface area contributed by atoms with Crippen molar-refractivity contribution >= 4 is 16.9 Å². The molecule has 0 saturated heterocycles. The van der Waals surface area contributed by atoms with Crippen LogP contribution in [-0.2, 0) is 11.8 Å². The zero-order valence-corrected chi connectivity index (χ0v) is 10.2. The van der Waals surface area contributed by atoms with Crippen molar-refractivity contribution in [2.24, 2.45) is 24.6 Å². The lowest BCUT2D eigenvalue weighted by molar-refractivity contribution is -0.138. The highest BCUT2D eigenvalue weighted by molar-refractivity contribution is 5.84. The molecule has 0 aliphatic heterocycles. The number of nitrogens with zero attached hydrogens (tertiary/aromatic N) is 1. The van der Waals surface area contributed by atoms with E-state index in [1.165, 1.54) is 0 Å². The van der Waals surface area contributed by atoms with Gasteiger partial charge in [0.15, 0.2) is 0 Å². The Hall–Kier alpha value is -1.81. The van der Waals surface area contributed by atoms with Gasteiger partial charge in [0.25, 0.3) is 0 Å². The minimum Gasteiger partial charge on any atom is -0.481 e. The molecule has 3 rings (SSSR count). The summed E-state index contributed by atoms with van der Waals surface area (Å²) in [5, 5.41) is 10.1. The summed E-state index contributed by atoms with van der Waals surface area (Å²) in [5.41, 5.74) is 8.42. The first-order valence-corrected chi connectivity index (χ1v) is 6.12. The Morgan fingerprint density at radius 1 is 1.50 bits per heavy atom. The number of carboxylic acids is 1. The number of hydrogen-bond acceptors (Lipinski definition) is 2. The molecule has 1 aliphatic rings. The van der Waals surface area contributed by atoms with Gasteiger partial charge in [-0.1, -0.05) is 18.2 Å². The van der Waals surface area contributed by atoms with E-state index in [1.54, 1.807) is 0 Å². The van der Waals surface area contributed by atoms with Gasteiger partial charge in [0.2, 0.25) is 0 Å². The average molecular weight is 244 g/mol. The summed E-state index contributed by atoms with van der Waals surface area (Å²) in [7, 11) is 1.99. The average Bonchev–Trinajstić information content (AvgIpc) is 3.09. The second-order valence-corrected chi connectivity index (χ2v) is 5.08. The number of rotatable bonds is 3. The minimum absolute atomic E-state index is 0.0771. The Labute approximate surface area is 105 Å². The first kappa shape index (κ1) is 11.3. The summed E-state index contributed by atoms with van der Waals surface area (Å²) >= 11 is 0. The second-order valence-electron chi connectivity index (χ2n) is 5.08. The van der Waals surface area contributed by atoms with E-state index in [1.807, 2.05) is 42.1 Å². The number of hydrogen-bond donors (Lipinski definition) is 2. The van der Waals surface area contributed by atoms with Gasteiger partial charge in [0, 0.05) is 30.2 Å². The van der Waals surface area contributed by atoms with Crippen molar-refractivity contribution in [1.82, 2.24) is 4.57 Å². The summed E-state index contributed by atoms with van der Waals surface area (Å²) < 4.78 is 2.04. The van der Waals surface area contributed by atoms with Gasteiger partial charge in [0.05, 0.1) is 5.92 Å². The molecule has 1 fully saturated rings. The van der Waals surface area contributed by atoms with Gasteiger partial charge >= 0.3 is 5.97 Å². The standard InChI is InChI=1S/C14H16N2O2/c1-16-7-11(8-4-2-3-5-12(8)16)13(15)9-6-10(9)14(17)18/h2-5,7,9-10,13H,6,15H2,1H3,(H,17,18). The maximum absolute atomic E-state index is 10.9. The van der Waals surface area contributed by atoms with Gasteiger partial charge < -0.3 is 15.4 Å². The van der Waals surface area contributed by atoms with Crippen LogP contribution < -0.4 is 5.73 Å². The Bertz CT molecular complexity index is 617. The number of para-hydroxylation sites is 1. The number of aryl methyl sites for hydroxylation is 1. The summed E-state index contributed by atoms with van der Waals surface area (Å²) in [6.45, 7) is 0. The highest BCUT2D eigenvalue weighted by atomic mass is 16.4. The number of carboxylic acid groups (broad SMARTS) is 1. The van der Waals surface area contributed by atoms with Crippen LogP contribution in [0.2, 0.25) is 0 Å². The van der Waals surface area contributed by atoms with E-state index >= 15 is 0 Å². The molecule has 1 aromatic carbocycles. The monoisotopic (exact) mass is 244 g/mol. The number of aliphatic carboxylic acids is 1. The van der Waals surface area contributed by atoms with Crippen molar-refractivity contribution in [3.05, 3.63) is 36.0 Å². The molecule has 18 heavy (non-hydrogen) atoms. The van der Waals surface area contributed by atoms with Crippen molar-refractivity contribution in [1.29, 1.82) is 0 Å². The van der Waals surface area contributed by atoms with Crippen LogP contribution in [0.3, 0.4) is 0 Å². The van der Waals surface area contributed by atoms with Crippen molar-refractivity contribution in [3.63, 3.8) is 0 Å². The van der Waals surface area contributed by atoms with Crippen molar-refractivity contribution < 1.29 is 9.90 Å². The predicted octanol–water partition coefficient (Wildman–Crippen LogP) is 1.90. The van der Waals surface area contributed by atoms with E-state index in [0.717, 1.165) is 16.5 Å². The van der Waals surface area contributed by atoms with E-state index < -0.39 is 5.97 Å². The smallest absolute Gasteiger partial charge is 0.306 e. The van der Waals surface area contributed by atoms with E-state index in [0.29, 0.717) is 6.42 Å². The highest BCUT2D eigenvalue weighted by Crippen LogP contribution is 2.47. The Kier molecular flexibility index (Phi) is 2.41. The third-order valence-corrected chi connectivity index (χ3v) is 3.91. The quantitative estimate of drug-likeness (QED) is 0.866. The van der Waals surface area contributed by atoms with Crippen molar-refractivity contribution in [2.75, 3.05) is 0 Å². The van der Waals surface area contributed by atoms with Gasteiger partial charge in [-0.25, -0.2) is 0 Å². The van der Waals surface area contributed by atoms with Crippen LogP contribution in [0.1, 0.15) is 18.0 Å². The van der Waals surface area contributed by atoms with Gasteiger partial charge in [-0.2, -0.15) is 0 Å². The SMILES string of the molecule is Cn1cc(C(N)C2CC2C(=O)O)c2ccccc21. The fraction of sp³-hybridized carbons (Fsp3) is 0.357. The van der Waals surface area contributed by atoms with Crippen molar-refractivity contribution in [2.45, 2.75) is 12.5 Å². The van der Waals surface area contributed by atoms with E-state index in [4.69, 9.17) is 10.8 Å². The first-order valence-electron chi connectivity index (χ1n) is 6.12. The fourth-order valence-corrected chi connectivity index (χ4v) is 2.76. The fourth-order valence-electron chi connectivity index (χ4n) is 2.76. The Morgan fingerprint density at radius 2 is 2.22 bits per heavy atom. The van der Waals surface area contributed by atoms with Crippen LogP contribution in [0.15, 0.2) is 30.5 Å². The van der Waals surface area contributed by atoms with Crippen molar-refractivity contribution in [3.8, 4) is 0 Å². The van der Waals surface area contributed by atoms with Gasteiger partial charge in [0.1, 0.15) is 0 Å². The summed E-state index contributed by atoms with van der Waals surface area (Å²) in [6.07, 6.45) is 2.71. The Balaban J connectivity index is 1.98. The molecule has 0 bridgehead atoms. The molecule has 1 aromatic heterocycles. The maximum Gasteiger partial charge on any atom is 0.306 e. The van der Waals surface area contributed by atoms with Crippen LogP contribution in [-0.4, -0.2) is 15.6 Å². The molecule has 3 N–H and O–H groups in total. The Morgan fingerprint density at radius 3 is 2.89 bits per heavy atom. The zero-order chi connectivity index (χ0) is 12.9. The largest absolute Gasteiger partial charge is 0.481 e. The molecule has 0 spiro atoms. The lowest BCUT2D eigenvalue weighted by Crippen LogP contribution is -2.15. The van der Waals surface area contributed by atoms with Gasteiger partial charge in [-0.05, 0) is 24.0 Å². The normalized spacial score (nSPS) is 24.1. The number of carbonyl (C=O) groups is 1. The number of fused-ring (bicyclic) bond motifs is 1. The molecular weight excluding hydrogens is 228 g/mol. The number of nitrogens with two attached hydrogens (primary N) is 1. The third kappa shape index (κ3) is 1.61. The summed E-state index contributed by atoms with van der Waals surface area (Å²) in [5.74, 6) is -0.914. The van der Waals surface area contributed by atoms with Crippen LogP contribution in [0.4, 0.5) is 0 Å². The van der Waals surface area contributed by atoms with E-state index in [2.05, 4.69) is 0 Å². The van der Waals surface area contributed by atoms with Gasteiger partial charge in [-0.15, -0.1) is 0 Å². The second kappa shape index (κ2) is 3.85. The van der Waals surface area contributed by atoms with Gasteiger partial charge in [-0.3, -0.25) is 4.79 Å². The van der Waals surface area contributed by atoms with Crippen LogP contribution in [0, 0.1) is 11.8 Å². The number of aromatic nitrogens is 1. The molecule has 4 nitrogen and oxygen atoms in total. The molecule has 0 amide bonds. The van der Waals surface area contributed by atoms with Crippen LogP contribution in [0.5, 0.6) is 0 Å². The first-order chi connectivity index (χ1) is 8.59. The molecule has 1 heterocycles. The van der Waals surface area contributed by atoms with E-state index in [9.17, 15) is 4.79 Å². The molecule has 1 aliphatic carbocycles. The highest BCUT2D eigenvalue weighted by Gasteiger charge is 2.47. The molecular formula is C14H16N2O2. The molecule has 2 aromatic rings. The van der Waals surface area contributed by atoms with E-state index in [-0.39, 0.29) is 17.9 Å². The minimum atomic E-state index is -0.726. The number of benzene rings is 1. The topological polar surface area (TPSA) is 68.2 Å². The zero-order valence-electron chi connectivity index (χ0n) is 10.2. The molecule has 4 heteroatoms. The third-order valence-electron chi connectivity index (χ3n) is 3.91. The van der Waals surface area contributed by atoms with Crippen LogP contribution in [0.25, 0.3) is 10.9 Å². The predicted molar refractivity (Wildman–Crippen MR) is 69.1 cm³/mol. The van der Waals surface area contributed by atoms with Crippen LogP contribution >= 0.6 is 0 Å². The molecule has 1 saturated carbocycles. The summed E-state index contributed by atoms with van der Waals surface area (Å²) in [4.78, 5) is 10.9. The molecule has 0 radical (unpaired) electrons. The lowest BCUT2D eigenvalue weighted by atomic mass is 10.0. The molecule has 3 atom stereocenters. The molecule has 3 unspecified atom stereocenters.